The maximum absolute atomic E-state index is 5.25. The molecule has 4 heteroatoms. The van der Waals surface area contributed by atoms with E-state index in [4.69, 9.17) is 4.74 Å². The van der Waals surface area contributed by atoms with Gasteiger partial charge in [-0.25, -0.2) is 0 Å². The van der Waals surface area contributed by atoms with E-state index in [1.54, 1.807) is 12.7 Å². The standard InChI is InChI=1S/C18H28OSSi2/c1-19-16-10-8-14(9-11-16)17-12-15(13-20-17)18(21(2,3)4)22(5,6)7/h8-13,18H,1-7H3. The van der Waals surface area contributed by atoms with Gasteiger partial charge in [0.25, 0.3) is 0 Å². The first kappa shape index (κ1) is 17.5. The summed E-state index contributed by atoms with van der Waals surface area (Å²) in [5, 5.41) is 3.21. The highest BCUT2D eigenvalue weighted by atomic mass is 32.1. The second kappa shape index (κ2) is 6.34. The number of benzene rings is 1. The highest BCUT2D eigenvalue weighted by Crippen LogP contribution is 2.40. The van der Waals surface area contributed by atoms with E-state index in [0.717, 1.165) is 10.9 Å². The van der Waals surface area contributed by atoms with Crippen molar-refractivity contribution in [3.8, 4) is 16.2 Å². The molecule has 120 valence electrons. The largest absolute Gasteiger partial charge is 0.497 e. The molecule has 0 saturated heterocycles. The lowest BCUT2D eigenvalue weighted by molar-refractivity contribution is 0.415. The van der Waals surface area contributed by atoms with Gasteiger partial charge >= 0.3 is 0 Å². The molecule has 2 rings (SSSR count). The van der Waals surface area contributed by atoms with Crippen molar-refractivity contribution in [3.05, 3.63) is 41.3 Å². The van der Waals surface area contributed by atoms with Crippen LogP contribution >= 0.6 is 11.3 Å². The second-order valence-corrected chi connectivity index (χ2v) is 20.2. The zero-order valence-corrected chi connectivity index (χ0v) is 17.7. The Labute approximate surface area is 141 Å². The molecule has 0 aliphatic rings. The summed E-state index contributed by atoms with van der Waals surface area (Å²) in [5.74, 6) is 0.919. The third kappa shape index (κ3) is 3.92. The molecule has 1 aromatic heterocycles. The lowest BCUT2D eigenvalue weighted by atomic mass is 10.1. The van der Waals surface area contributed by atoms with Gasteiger partial charge in [-0.15, -0.1) is 11.3 Å². The van der Waals surface area contributed by atoms with E-state index in [1.165, 1.54) is 10.4 Å². The van der Waals surface area contributed by atoms with Crippen molar-refractivity contribution >= 4 is 27.5 Å². The van der Waals surface area contributed by atoms with E-state index in [-0.39, 0.29) is 0 Å². The molecule has 0 atom stereocenters. The number of ether oxygens (including phenoxy) is 1. The van der Waals surface area contributed by atoms with Crippen molar-refractivity contribution in [1.82, 2.24) is 0 Å². The van der Waals surface area contributed by atoms with Crippen LogP contribution in [0.25, 0.3) is 10.4 Å². The zero-order valence-electron chi connectivity index (χ0n) is 14.9. The van der Waals surface area contributed by atoms with Crippen LogP contribution in [0.2, 0.25) is 39.3 Å². The topological polar surface area (TPSA) is 9.23 Å². The maximum atomic E-state index is 5.25. The van der Waals surface area contributed by atoms with Crippen LogP contribution in [0.1, 0.15) is 10.7 Å². The first-order valence-corrected chi connectivity index (χ1v) is 15.9. The molecule has 0 fully saturated rings. The van der Waals surface area contributed by atoms with Crippen molar-refractivity contribution in [1.29, 1.82) is 0 Å². The van der Waals surface area contributed by atoms with Crippen molar-refractivity contribution in [2.45, 2.75) is 44.4 Å². The predicted molar refractivity (Wildman–Crippen MR) is 106 cm³/mol. The second-order valence-electron chi connectivity index (χ2n) is 8.14. The summed E-state index contributed by atoms with van der Waals surface area (Å²) in [6, 6.07) is 10.8. The van der Waals surface area contributed by atoms with Gasteiger partial charge in [0.2, 0.25) is 0 Å². The van der Waals surface area contributed by atoms with E-state index in [1.807, 2.05) is 23.5 Å². The Morgan fingerprint density at radius 2 is 1.45 bits per heavy atom. The fraction of sp³-hybridized carbons (Fsp3) is 0.444. The summed E-state index contributed by atoms with van der Waals surface area (Å²) >= 11 is 1.88. The molecule has 0 spiro atoms. The molecule has 0 unspecified atom stereocenters. The lowest BCUT2D eigenvalue weighted by Crippen LogP contribution is -2.46. The van der Waals surface area contributed by atoms with Crippen LogP contribution in [0.4, 0.5) is 0 Å². The quantitative estimate of drug-likeness (QED) is 0.579. The van der Waals surface area contributed by atoms with E-state index in [0.29, 0.717) is 0 Å². The highest BCUT2D eigenvalue weighted by Gasteiger charge is 2.39. The Balaban J connectivity index is 2.36. The first-order valence-electron chi connectivity index (χ1n) is 7.86. The van der Waals surface area contributed by atoms with Crippen LogP contribution in [0.3, 0.4) is 0 Å². The minimum Gasteiger partial charge on any atom is -0.497 e. The Hall–Kier alpha value is -0.846. The minimum atomic E-state index is -1.22. The van der Waals surface area contributed by atoms with Gasteiger partial charge in [-0.05, 0) is 52.0 Å². The monoisotopic (exact) mass is 348 g/mol. The minimum absolute atomic E-state index is 0.809. The summed E-state index contributed by atoms with van der Waals surface area (Å²) in [5.41, 5.74) is 2.87. The first-order chi connectivity index (χ1) is 10.1. The van der Waals surface area contributed by atoms with Gasteiger partial charge in [0.15, 0.2) is 0 Å². The molecule has 0 N–H and O–H groups in total. The number of methoxy groups -OCH3 is 1. The normalized spacial score (nSPS) is 12.7. The van der Waals surface area contributed by atoms with Gasteiger partial charge in [0, 0.05) is 21.0 Å². The SMILES string of the molecule is COc1ccc(-c2cc(C([Si](C)(C)C)[Si](C)(C)C)cs2)cc1. The molecular formula is C18H28OSSi2. The van der Waals surface area contributed by atoms with E-state index < -0.39 is 16.1 Å². The van der Waals surface area contributed by atoms with Crippen molar-refractivity contribution in [2.75, 3.05) is 7.11 Å². The van der Waals surface area contributed by atoms with Crippen molar-refractivity contribution < 1.29 is 4.74 Å². The van der Waals surface area contributed by atoms with E-state index in [2.05, 4.69) is 62.9 Å². The van der Waals surface area contributed by atoms with Crippen molar-refractivity contribution in [3.63, 3.8) is 0 Å². The molecule has 0 aliphatic heterocycles. The van der Waals surface area contributed by atoms with Crippen LogP contribution < -0.4 is 4.74 Å². The Bertz CT molecular complexity index is 604. The maximum Gasteiger partial charge on any atom is 0.118 e. The van der Waals surface area contributed by atoms with Gasteiger partial charge < -0.3 is 4.74 Å². The molecule has 1 nitrogen and oxygen atoms in total. The Morgan fingerprint density at radius 3 is 1.91 bits per heavy atom. The van der Waals surface area contributed by atoms with Gasteiger partial charge in [-0.3, -0.25) is 0 Å². The van der Waals surface area contributed by atoms with Crippen molar-refractivity contribution in [2.24, 2.45) is 0 Å². The van der Waals surface area contributed by atoms with Crippen LogP contribution in [-0.4, -0.2) is 23.3 Å². The molecule has 0 radical (unpaired) electrons. The summed E-state index contributed by atoms with van der Waals surface area (Å²) in [6.07, 6.45) is 0. The summed E-state index contributed by atoms with van der Waals surface area (Å²) in [6.45, 7) is 15.1. The molecule has 1 heterocycles. The van der Waals surface area contributed by atoms with Crippen LogP contribution in [0.5, 0.6) is 5.75 Å². The number of rotatable bonds is 5. The fourth-order valence-corrected chi connectivity index (χ4v) is 17.6. The third-order valence-corrected chi connectivity index (χ3v) is 14.4. The summed E-state index contributed by atoms with van der Waals surface area (Å²) in [7, 11) is -0.721. The van der Waals surface area contributed by atoms with E-state index in [9.17, 15) is 0 Å². The molecule has 1 aromatic carbocycles. The van der Waals surface area contributed by atoms with Crippen LogP contribution in [-0.2, 0) is 0 Å². The van der Waals surface area contributed by atoms with Crippen LogP contribution in [0.15, 0.2) is 35.7 Å². The third-order valence-electron chi connectivity index (χ3n) is 4.06. The summed E-state index contributed by atoms with van der Waals surface area (Å²) < 4.78 is 5.25. The van der Waals surface area contributed by atoms with Gasteiger partial charge in [-0.2, -0.15) is 0 Å². The number of hydrogen-bond acceptors (Lipinski definition) is 2. The molecule has 0 amide bonds. The summed E-state index contributed by atoms with van der Waals surface area (Å²) in [4.78, 5) is 1.37. The number of hydrogen-bond donors (Lipinski definition) is 0. The molecule has 0 aliphatic carbocycles. The zero-order chi connectivity index (χ0) is 16.5. The predicted octanol–water partition coefficient (Wildman–Crippen LogP) is 6.26. The average Bonchev–Trinajstić information content (AvgIpc) is 2.84. The highest BCUT2D eigenvalue weighted by molar-refractivity contribution is 7.14. The molecule has 22 heavy (non-hydrogen) atoms. The smallest absolute Gasteiger partial charge is 0.118 e. The Kier molecular flexibility index (Phi) is 5.04. The fourth-order valence-electron chi connectivity index (χ4n) is 3.71. The van der Waals surface area contributed by atoms with E-state index >= 15 is 0 Å². The van der Waals surface area contributed by atoms with Gasteiger partial charge in [-0.1, -0.05) is 39.3 Å². The Morgan fingerprint density at radius 1 is 0.909 bits per heavy atom. The molecule has 0 bridgehead atoms. The molecule has 0 saturated carbocycles. The van der Waals surface area contributed by atoms with Gasteiger partial charge in [0.1, 0.15) is 5.75 Å². The lowest BCUT2D eigenvalue weighted by Gasteiger charge is -2.38. The number of thiophene rings is 1. The molecule has 2 aromatic rings. The molecular weight excluding hydrogens is 320 g/mol. The van der Waals surface area contributed by atoms with Crippen LogP contribution in [0, 0.1) is 0 Å². The van der Waals surface area contributed by atoms with Gasteiger partial charge in [0.05, 0.1) is 7.11 Å². The average molecular weight is 349 g/mol.